The molecule has 2 N–H and O–H groups in total. The predicted octanol–water partition coefficient (Wildman–Crippen LogP) is 2.42. The maximum atomic E-state index is 12.1. The Bertz CT molecular complexity index is 643. The summed E-state index contributed by atoms with van der Waals surface area (Å²) in [7, 11) is 1.45. The van der Waals surface area contributed by atoms with Gasteiger partial charge in [0.25, 0.3) is 5.91 Å². The molecule has 1 aromatic carbocycles. The van der Waals surface area contributed by atoms with Crippen molar-refractivity contribution in [1.29, 1.82) is 0 Å². The summed E-state index contributed by atoms with van der Waals surface area (Å²) in [6, 6.07) is 4.58. The van der Waals surface area contributed by atoms with Gasteiger partial charge in [-0.25, -0.2) is 0 Å². The van der Waals surface area contributed by atoms with E-state index in [4.69, 9.17) is 9.47 Å². The van der Waals surface area contributed by atoms with Gasteiger partial charge in [0.15, 0.2) is 11.5 Å². The van der Waals surface area contributed by atoms with E-state index in [1.54, 1.807) is 11.4 Å². The molecule has 0 spiro atoms. The maximum Gasteiger partial charge on any atom is 0.405 e. The summed E-state index contributed by atoms with van der Waals surface area (Å²) < 4.78 is 47.2. The SMILES string of the molecule is COc1cc(C(=O)NCC(=O)NCC(F)(F)F)ccc1OC1CCCC1. The van der Waals surface area contributed by atoms with Crippen LogP contribution in [0, 0.1) is 0 Å². The highest BCUT2D eigenvalue weighted by Gasteiger charge is 2.27. The van der Waals surface area contributed by atoms with Gasteiger partial charge >= 0.3 is 6.18 Å². The standard InChI is InChI=1S/C17H21F3N2O4/c1-25-14-8-11(6-7-13(14)26-12-4-2-3-5-12)16(24)21-9-15(23)22-10-17(18,19)20/h6-8,12H,2-5,9-10H2,1H3,(H,21,24)(H,22,23). The molecule has 2 amide bonds. The van der Waals surface area contributed by atoms with E-state index in [0.29, 0.717) is 11.5 Å². The van der Waals surface area contributed by atoms with Gasteiger partial charge in [-0.3, -0.25) is 9.59 Å². The number of hydrogen-bond donors (Lipinski definition) is 2. The molecular formula is C17H21F3N2O4. The molecule has 0 unspecified atom stereocenters. The molecule has 1 saturated carbocycles. The monoisotopic (exact) mass is 374 g/mol. The molecule has 1 fully saturated rings. The fourth-order valence-corrected chi connectivity index (χ4v) is 2.62. The maximum absolute atomic E-state index is 12.1. The summed E-state index contributed by atoms with van der Waals surface area (Å²) in [4.78, 5) is 23.4. The van der Waals surface area contributed by atoms with E-state index in [1.807, 2.05) is 0 Å². The van der Waals surface area contributed by atoms with E-state index in [2.05, 4.69) is 5.32 Å². The molecule has 1 aromatic rings. The largest absolute Gasteiger partial charge is 0.493 e. The fourth-order valence-electron chi connectivity index (χ4n) is 2.62. The molecule has 0 atom stereocenters. The van der Waals surface area contributed by atoms with Crippen LogP contribution in [0.4, 0.5) is 13.2 Å². The Kier molecular flexibility index (Phi) is 6.70. The summed E-state index contributed by atoms with van der Waals surface area (Å²) in [5, 5.41) is 3.94. The number of amides is 2. The zero-order chi connectivity index (χ0) is 19.2. The zero-order valence-electron chi connectivity index (χ0n) is 14.3. The van der Waals surface area contributed by atoms with Crippen LogP contribution < -0.4 is 20.1 Å². The number of hydrogen-bond acceptors (Lipinski definition) is 4. The Morgan fingerprint density at radius 1 is 1.15 bits per heavy atom. The summed E-state index contributed by atoms with van der Waals surface area (Å²) in [5.41, 5.74) is 0.212. The Balaban J connectivity index is 1.90. The first-order valence-electron chi connectivity index (χ1n) is 8.25. The quantitative estimate of drug-likeness (QED) is 0.769. The Labute approximate surface area is 149 Å². The Hall–Kier alpha value is -2.45. The highest BCUT2D eigenvalue weighted by Crippen LogP contribution is 2.32. The summed E-state index contributed by atoms with van der Waals surface area (Å²) in [6.07, 6.45) is -0.201. The zero-order valence-corrected chi connectivity index (χ0v) is 14.3. The molecule has 0 bridgehead atoms. The minimum absolute atomic E-state index is 0.126. The third-order valence-electron chi connectivity index (χ3n) is 3.92. The van der Waals surface area contributed by atoms with Gasteiger partial charge in [-0.2, -0.15) is 13.2 Å². The van der Waals surface area contributed by atoms with Crippen LogP contribution in [0.5, 0.6) is 11.5 Å². The van der Waals surface area contributed by atoms with Crippen molar-refractivity contribution >= 4 is 11.8 Å². The highest BCUT2D eigenvalue weighted by molar-refractivity contribution is 5.97. The third-order valence-corrected chi connectivity index (χ3v) is 3.92. The van der Waals surface area contributed by atoms with E-state index < -0.39 is 31.1 Å². The molecule has 26 heavy (non-hydrogen) atoms. The number of alkyl halides is 3. The fraction of sp³-hybridized carbons (Fsp3) is 0.529. The molecule has 0 aromatic heterocycles. The first-order chi connectivity index (χ1) is 12.3. The van der Waals surface area contributed by atoms with Crippen molar-refractivity contribution in [2.75, 3.05) is 20.2 Å². The lowest BCUT2D eigenvalue weighted by Gasteiger charge is -2.16. The Morgan fingerprint density at radius 3 is 2.46 bits per heavy atom. The van der Waals surface area contributed by atoms with E-state index in [0.717, 1.165) is 25.7 Å². The molecule has 1 aliphatic rings. The van der Waals surface area contributed by atoms with Crippen molar-refractivity contribution in [3.05, 3.63) is 23.8 Å². The van der Waals surface area contributed by atoms with Gasteiger partial charge in [-0.1, -0.05) is 0 Å². The van der Waals surface area contributed by atoms with Crippen molar-refractivity contribution in [2.24, 2.45) is 0 Å². The van der Waals surface area contributed by atoms with Crippen LogP contribution in [0.15, 0.2) is 18.2 Å². The van der Waals surface area contributed by atoms with Gasteiger partial charge < -0.3 is 20.1 Å². The second-order valence-electron chi connectivity index (χ2n) is 5.96. The molecule has 0 saturated heterocycles. The molecule has 144 valence electrons. The van der Waals surface area contributed by atoms with Crippen LogP contribution in [-0.4, -0.2) is 44.3 Å². The van der Waals surface area contributed by atoms with Gasteiger partial charge in [0, 0.05) is 5.56 Å². The molecule has 9 heteroatoms. The number of methoxy groups -OCH3 is 1. The second-order valence-corrected chi connectivity index (χ2v) is 5.96. The third kappa shape index (κ3) is 6.12. The van der Waals surface area contributed by atoms with Crippen LogP contribution in [0.3, 0.4) is 0 Å². The molecule has 0 heterocycles. The van der Waals surface area contributed by atoms with Crippen molar-refractivity contribution in [3.63, 3.8) is 0 Å². The van der Waals surface area contributed by atoms with E-state index in [1.165, 1.54) is 19.2 Å². The van der Waals surface area contributed by atoms with Gasteiger partial charge in [0.2, 0.25) is 5.91 Å². The van der Waals surface area contributed by atoms with Gasteiger partial charge in [-0.05, 0) is 43.9 Å². The lowest BCUT2D eigenvalue weighted by atomic mass is 10.2. The predicted molar refractivity (Wildman–Crippen MR) is 87.3 cm³/mol. The van der Waals surface area contributed by atoms with Crippen LogP contribution >= 0.6 is 0 Å². The van der Waals surface area contributed by atoms with E-state index in [9.17, 15) is 22.8 Å². The number of ether oxygens (including phenoxy) is 2. The van der Waals surface area contributed by atoms with Crippen LogP contribution in [0.25, 0.3) is 0 Å². The van der Waals surface area contributed by atoms with Crippen molar-refractivity contribution in [2.45, 2.75) is 38.0 Å². The molecule has 2 rings (SSSR count). The number of nitrogens with one attached hydrogen (secondary N) is 2. The number of carbonyl (C=O) groups excluding carboxylic acids is 2. The smallest absolute Gasteiger partial charge is 0.405 e. The molecule has 0 radical (unpaired) electrons. The molecule has 0 aliphatic heterocycles. The highest BCUT2D eigenvalue weighted by atomic mass is 19.4. The normalized spacial score (nSPS) is 14.8. The lowest BCUT2D eigenvalue weighted by Crippen LogP contribution is -2.40. The Morgan fingerprint density at radius 2 is 1.85 bits per heavy atom. The molecule has 1 aliphatic carbocycles. The topological polar surface area (TPSA) is 76.7 Å². The first-order valence-corrected chi connectivity index (χ1v) is 8.25. The first kappa shape index (κ1) is 19.9. The van der Waals surface area contributed by atoms with Crippen molar-refractivity contribution in [3.8, 4) is 11.5 Å². The lowest BCUT2D eigenvalue weighted by molar-refractivity contribution is -0.137. The molecule has 6 nitrogen and oxygen atoms in total. The minimum Gasteiger partial charge on any atom is -0.493 e. The van der Waals surface area contributed by atoms with Crippen molar-refractivity contribution in [1.82, 2.24) is 10.6 Å². The number of benzene rings is 1. The number of rotatable bonds is 7. The van der Waals surface area contributed by atoms with Crippen LogP contribution in [0.1, 0.15) is 36.0 Å². The summed E-state index contributed by atoms with van der Waals surface area (Å²) in [6.45, 7) is -2.00. The average Bonchev–Trinajstić information content (AvgIpc) is 3.10. The van der Waals surface area contributed by atoms with Crippen LogP contribution in [0.2, 0.25) is 0 Å². The van der Waals surface area contributed by atoms with Crippen LogP contribution in [-0.2, 0) is 4.79 Å². The second kappa shape index (κ2) is 8.77. The number of halogens is 3. The van der Waals surface area contributed by atoms with E-state index in [-0.39, 0.29) is 11.7 Å². The molecular weight excluding hydrogens is 353 g/mol. The summed E-state index contributed by atoms with van der Waals surface area (Å²) >= 11 is 0. The van der Waals surface area contributed by atoms with Gasteiger partial charge in [-0.15, -0.1) is 0 Å². The van der Waals surface area contributed by atoms with E-state index >= 15 is 0 Å². The van der Waals surface area contributed by atoms with Crippen molar-refractivity contribution < 1.29 is 32.2 Å². The minimum atomic E-state index is -4.50. The number of carbonyl (C=O) groups is 2. The summed E-state index contributed by atoms with van der Waals surface area (Å²) in [5.74, 6) is -0.619. The average molecular weight is 374 g/mol. The van der Waals surface area contributed by atoms with Gasteiger partial charge in [0.05, 0.1) is 19.8 Å². The van der Waals surface area contributed by atoms with Gasteiger partial charge in [0.1, 0.15) is 6.54 Å².